The number of alkyl halides is 3. The first-order valence-electron chi connectivity index (χ1n) is 6.19. The summed E-state index contributed by atoms with van der Waals surface area (Å²) >= 11 is 0. The highest BCUT2D eigenvalue weighted by molar-refractivity contribution is 6.40. The number of pyridine rings is 1. The van der Waals surface area contributed by atoms with Crippen LogP contribution >= 0.6 is 0 Å². The molecule has 2 rings (SSSR count). The summed E-state index contributed by atoms with van der Waals surface area (Å²) in [6.07, 6.45) is -1.33. The van der Waals surface area contributed by atoms with Gasteiger partial charge in [-0.25, -0.2) is 9.67 Å². The fraction of sp³-hybridized carbons (Fsp3) is 0.333. The van der Waals surface area contributed by atoms with Gasteiger partial charge >= 0.3 is 6.18 Å². The molecule has 0 atom stereocenters. The van der Waals surface area contributed by atoms with Crippen LogP contribution in [0.5, 0.6) is 0 Å². The number of hydrogen-bond acceptors (Lipinski definition) is 3. The lowest BCUT2D eigenvalue weighted by Crippen LogP contribution is -2.10. The molecular weight excluding hydrogens is 268 g/mol. The third-order valence-corrected chi connectivity index (χ3v) is 2.53. The molecule has 0 aliphatic heterocycles. The van der Waals surface area contributed by atoms with Crippen molar-refractivity contribution >= 4 is 13.2 Å². The van der Waals surface area contributed by atoms with Gasteiger partial charge in [-0.3, -0.25) is 0 Å². The molecule has 2 aromatic rings. The molecule has 4 nitrogen and oxygen atoms in total. The predicted octanol–water partition coefficient (Wildman–Crippen LogP) is 3.15. The summed E-state index contributed by atoms with van der Waals surface area (Å²) in [6, 6.07) is 5.96. The average Bonchev–Trinajstić information content (AvgIpc) is 2.89. The normalized spacial score (nSPS) is 11.4. The van der Waals surface area contributed by atoms with Gasteiger partial charge in [0.2, 0.25) is 7.41 Å². The van der Waals surface area contributed by atoms with E-state index in [1.165, 1.54) is 6.20 Å². The molecule has 105 valence electrons. The lowest BCUT2D eigenvalue weighted by Gasteiger charge is -2.06. The van der Waals surface area contributed by atoms with Crippen molar-refractivity contribution in [1.29, 1.82) is 0 Å². The van der Waals surface area contributed by atoms with Crippen molar-refractivity contribution in [1.82, 2.24) is 14.8 Å². The Morgan fingerprint density at radius 2 is 2.10 bits per heavy atom. The summed E-state index contributed by atoms with van der Waals surface area (Å²) < 4.78 is 38.6. The lowest BCUT2D eigenvalue weighted by molar-refractivity contribution is -0.141. The summed E-state index contributed by atoms with van der Waals surface area (Å²) in [4.78, 5) is 4.20. The van der Waals surface area contributed by atoms with Crippen LogP contribution in [0.3, 0.4) is 0 Å². The molecule has 1 N–H and O–H groups in total. The Hall–Kier alpha value is -1.99. The summed E-state index contributed by atoms with van der Waals surface area (Å²) in [5.74, 6) is 0.899. The van der Waals surface area contributed by atoms with Crippen LogP contribution in [0.1, 0.15) is 19.0 Å². The SMILES string of the molecule is CCC[B]Nc1cccc(-n2ccc(C(F)(F)F)n2)n1. The molecule has 0 bridgehead atoms. The molecule has 2 heterocycles. The van der Waals surface area contributed by atoms with Crippen LogP contribution in [0.2, 0.25) is 6.32 Å². The second-order valence-corrected chi connectivity index (χ2v) is 4.16. The Labute approximate surface area is 115 Å². The van der Waals surface area contributed by atoms with Gasteiger partial charge < -0.3 is 5.23 Å². The summed E-state index contributed by atoms with van der Waals surface area (Å²) in [5.41, 5.74) is -0.935. The molecule has 0 amide bonds. The minimum absolute atomic E-state index is 0.329. The predicted molar refractivity (Wildman–Crippen MR) is 70.8 cm³/mol. The van der Waals surface area contributed by atoms with E-state index in [4.69, 9.17) is 0 Å². The highest BCUT2D eigenvalue weighted by Crippen LogP contribution is 2.27. The molecule has 0 saturated carbocycles. The van der Waals surface area contributed by atoms with E-state index in [1.54, 1.807) is 18.2 Å². The molecule has 20 heavy (non-hydrogen) atoms. The van der Waals surface area contributed by atoms with Gasteiger partial charge in [0.25, 0.3) is 0 Å². The van der Waals surface area contributed by atoms with Crippen LogP contribution in [0.15, 0.2) is 30.5 Å². The van der Waals surface area contributed by atoms with E-state index in [2.05, 4.69) is 15.3 Å². The first-order valence-corrected chi connectivity index (χ1v) is 6.19. The van der Waals surface area contributed by atoms with Crippen LogP contribution in [0.4, 0.5) is 19.0 Å². The Bertz CT molecular complexity index is 568. The number of anilines is 1. The van der Waals surface area contributed by atoms with E-state index in [1.807, 2.05) is 14.3 Å². The number of hydrogen-bond donors (Lipinski definition) is 1. The smallest absolute Gasteiger partial charge is 0.417 e. The zero-order valence-electron chi connectivity index (χ0n) is 10.9. The van der Waals surface area contributed by atoms with E-state index in [0.29, 0.717) is 11.6 Å². The maximum Gasteiger partial charge on any atom is 0.435 e. The summed E-state index contributed by atoms with van der Waals surface area (Å²) in [5, 5.41) is 6.47. The van der Waals surface area contributed by atoms with E-state index in [-0.39, 0.29) is 0 Å². The van der Waals surface area contributed by atoms with E-state index in [9.17, 15) is 13.2 Å². The van der Waals surface area contributed by atoms with Crippen molar-refractivity contribution in [2.24, 2.45) is 0 Å². The summed E-state index contributed by atoms with van der Waals surface area (Å²) in [7, 11) is 1.86. The van der Waals surface area contributed by atoms with Gasteiger partial charge in [-0.1, -0.05) is 25.7 Å². The van der Waals surface area contributed by atoms with Crippen molar-refractivity contribution in [3.63, 3.8) is 0 Å². The molecule has 0 aliphatic carbocycles. The second-order valence-electron chi connectivity index (χ2n) is 4.16. The average molecular weight is 281 g/mol. The lowest BCUT2D eigenvalue weighted by atomic mass is 9.88. The van der Waals surface area contributed by atoms with Gasteiger partial charge in [-0.15, -0.1) is 0 Å². The van der Waals surface area contributed by atoms with Crippen LogP contribution in [0.25, 0.3) is 5.82 Å². The van der Waals surface area contributed by atoms with Crippen molar-refractivity contribution in [3.8, 4) is 5.82 Å². The number of nitrogens with zero attached hydrogens (tertiary/aromatic N) is 3. The second kappa shape index (κ2) is 5.98. The van der Waals surface area contributed by atoms with Crippen LogP contribution in [-0.2, 0) is 6.18 Å². The molecule has 1 radical (unpaired) electrons. The maximum absolute atomic E-state index is 12.5. The molecule has 0 aliphatic rings. The first-order chi connectivity index (χ1) is 9.50. The van der Waals surface area contributed by atoms with Gasteiger partial charge in [-0.05, 0) is 18.2 Å². The monoisotopic (exact) mass is 281 g/mol. The fourth-order valence-corrected chi connectivity index (χ4v) is 1.56. The minimum atomic E-state index is -4.45. The van der Waals surface area contributed by atoms with Gasteiger partial charge in [0.05, 0.1) is 0 Å². The summed E-state index contributed by atoms with van der Waals surface area (Å²) in [6.45, 7) is 2.05. The number of halogens is 3. The minimum Gasteiger partial charge on any atom is -0.417 e. The van der Waals surface area contributed by atoms with Crippen molar-refractivity contribution < 1.29 is 13.2 Å². The van der Waals surface area contributed by atoms with E-state index in [0.717, 1.165) is 23.5 Å². The van der Waals surface area contributed by atoms with Gasteiger partial charge in [0, 0.05) is 6.20 Å². The van der Waals surface area contributed by atoms with Gasteiger partial charge in [0.15, 0.2) is 11.5 Å². The topological polar surface area (TPSA) is 42.7 Å². The van der Waals surface area contributed by atoms with Crippen molar-refractivity contribution in [3.05, 3.63) is 36.2 Å². The molecule has 0 unspecified atom stereocenters. The third kappa shape index (κ3) is 3.52. The molecule has 8 heteroatoms. The maximum atomic E-state index is 12.5. The third-order valence-electron chi connectivity index (χ3n) is 2.53. The van der Waals surface area contributed by atoms with Crippen molar-refractivity contribution in [2.75, 3.05) is 5.23 Å². The Kier molecular flexibility index (Phi) is 4.31. The first kappa shape index (κ1) is 14.4. The molecule has 0 saturated heterocycles. The molecule has 0 aromatic carbocycles. The largest absolute Gasteiger partial charge is 0.435 e. The van der Waals surface area contributed by atoms with Gasteiger partial charge in [-0.2, -0.15) is 18.3 Å². The van der Waals surface area contributed by atoms with E-state index >= 15 is 0 Å². The standard InChI is InChI=1S/C12H13BF3N4/c1-2-7-13-18-10-4-3-5-11(17-10)20-8-6-9(19-20)12(14,15)16/h3-6,8H,2,7H2,1H3,(H,17,18). The fourth-order valence-electron chi connectivity index (χ4n) is 1.56. The Balaban J connectivity index is 2.16. The van der Waals surface area contributed by atoms with Crippen LogP contribution in [-0.4, -0.2) is 22.2 Å². The number of rotatable bonds is 5. The van der Waals surface area contributed by atoms with E-state index < -0.39 is 11.9 Å². The quantitative estimate of drug-likeness (QED) is 0.676. The molecule has 0 spiro atoms. The Morgan fingerprint density at radius 3 is 2.75 bits per heavy atom. The number of aromatic nitrogens is 3. The number of nitrogens with one attached hydrogen (secondary N) is 1. The zero-order chi connectivity index (χ0) is 14.6. The van der Waals surface area contributed by atoms with Crippen LogP contribution < -0.4 is 5.23 Å². The van der Waals surface area contributed by atoms with Gasteiger partial charge in [0.1, 0.15) is 5.82 Å². The van der Waals surface area contributed by atoms with Crippen molar-refractivity contribution in [2.45, 2.75) is 25.8 Å². The zero-order valence-corrected chi connectivity index (χ0v) is 10.9. The molecule has 0 fully saturated rings. The van der Waals surface area contributed by atoms with Crippen LogP contribution in [0, 0.1) is 0 Å². The highest BCUT2D eigenvalue weighted by Gasteiger charge is 2.33. The molecular formula is C12H13BF3N4. The molecule has 2 aromatic heterocycles. The Morgan fingerprint density at radius 1 is 1.30 bits per heavy atom. The highest BCUT2D eigenvalue weighted by atomic mass is 19.4.